The van der Waals surface area contributed by atoms with E-state index in [0.717, 1.165) is 5.56 Å². The summed E-state index contributed by atoms with van der Waals surface area (Å²) in [5, 5.41) is 21.9. The van der Waals surface area contributed by atoms with E-state index in [1.54, 1.807) is 17.5 Å². The topological polar surface area (TPSA) is 91.8 Å². The molecule has 130 valence electrons. The van der Waals surface area contributed by atoms with Gasteiger partial charge >= 0.3 is 0 Å². The van der Waals surface area contributed by atoms with Crippen LogP contribution in [0.5, 0.6) is 0 Å². The van der Waals surface area contributed by atoms with Gasteiger partial charge in [-0.05, 0) is 28.3 Å². The van der Waals surface area contributed by atoms with Crippen LogP contribution in [0.3, 0.4) is 0 Å². The molecule has 4 rings (SSSR count). The smallest absolute Gasteiger partial charge is 0.278 e. The molecule has 0 aliphatic carbocycles. The number of nitriles is 1. The number of aromatic amines is 1. The molecule has 0 saturated carbocycles. The zero-order valence-electron chi connectivity index (χ0n) is 14.3. The first-order valence-electron chi connectivity index (χ1n) is 8.16. The molecule has 0 saturated heterocycles. The Morgan fingerprint density at radius 3 is 2.88 bits per heavy atom. The molecular weight excluding hydrogens is 348 g/mol. The largest absolute Gasteiger partial charge is 0.338 e. The summed E-state index contributed by atoms with van der Waals surface area (Å²) in [7, 11) is 0. The summed E-state index contributed by atoms with van der Waals surface area (Å²) < 4.78 is 3.10. The van der Waals surface area contributed by atoms with Crippen LogP contribution < -0.4 is 5.56 Å². The molecule has 0 aliphatic rings. The van der Waals surface area contributed by atoms with Crippen molar-refractivity contribution < 1.29 is 0 Å². The molecule has 0 aromatic carbocycles. The molecule has 1 N–H and O–H groups in total. The summed E-state index contributed by atoms with van der Waals surface area (Å²) in [4.78, 5) is 16.1. The number of nitrogens with zero attached hydrogens (tertiary/aromatic N) is 5. The van der Waals surface area contributed by atoms with E-state index in [0.29, 0.717) is 29.0 Å². The van der Waals surface area contributed by atoms with Gasteiger partial charge in [0, 0.05) is 17.3 Å². The molecule has 4 aromatic rings. The van der Waals surface area contributed by atoms with Gasteiger partial charge in [-0.3, -0.25) is 9.48 Å². The third-order valence-electron chi connectivity index (χ3n) is 4.25. The van der Waals surface area contributed by atoms with Gasteiger partial charge in [-0.15, -0.1) is 0 Å². The summed E-state index contributed by atoms with van der Waals surface area (Å²) in [6, 6.07) is 4.13. The fourth-order valence-electron chi connectivity index (χ4n) is 3.02. The Balaban J connectivity index is 1.87. The fraction of sp³-hybridized carbons (Fsp3) is 0.222. The second-order valence-corrected chi connectivity index (χ2v) is 7.14. The highest BCUT2D eigenvalue weighted by molar-refractivity contribution is 7.07. The molecule has 26 heavy (non-hydrogen) atoms. The summed E-state index contributed by atoms with van der Waals surface area (Å²) in [6.45, 7) is 4.60. The predicted octanol–water partition coefficient (Wildman–Crippen LogP) is 2.99. The van der Waals surface area contributed by atoms with E-state index in [2.05, 4.69) is 32.7 Å². The van der Waals surface area contributed by atoms with Crippen molar-refractivity contribution >= 4 is 17.0 Å². The van der Waals surface area contributed by atoms with Crippen LogP contribution in [0.1, 0.15) is 36.5 Å². The first-order chi connectivity index (χ1) is 12.6. The molecule has 0 amide bonds. The minimum absolute atomic E-state index is 0.00638. The lowest BCUT2D eigenvalue weighted by Gasteiger charge is -2.11. The van der Waals surface area contributed by atoms with Crippen LogP contribution in [-0.4, -0.2) is 24.4 Å². The van der Waals surface area contributed by atoms with Crippen molar-refractivity contribution in [2.75, 3.05) is 0 Å². The molecule has 0 fully saturated rings. The Morgan fingerprint density at radius 2 is 2.19 bits per heavy atom. The van der Waals surface area contributed by atoms with E-state index in [1.165, 1.54) is 16.3 Å². The molecule has 0 aliphatic heterocycles. The standard InChI is InChI=1S/C18H16N6OS/c1-11(2)15-16(22-17-13(5-19)6-21-24(17)18(15)25)14-7-20-23(9-14)8-12-3-4-26-10-12/h3-4,6-7,9-11,22H,8H2,1-2H3. The first kappa shape index (κ1) is 16.3. The fourth-order valence-corrected chi connectivity index (χ4v) is 3.68. The first-order valence-corrected chi connectivity index (χ1v) is 9.10. The lowest BCUT2D eigenvalue weighted by atomic mass is 10.00. The van der Waals surface area contributed by atoms with Crippen molar-refractivity contribution in [2.24, 2.45) is 0 Å². The number of fused-ring (bicyclic) bond motifs is 1. The second-order valence-electron chi connectivity index (χ2n) is 6.36. The number of hydrogen-bond donors (Lipinski definition) is 1. The van der Waals surface area contributed by atoms with Crippen molar-refractivity contribution in [2.45, 2.75) is 26.3 Å². The van der Waals surface area contributed by atoms with Gasteiger partial charge in [0.2, 0.25) is 0 Å². The number of thiophene rings is 1. The summed E-state index contributed by atoms with van der Waals surface area (Å²) in [5.41, 5.74) is 3.84. The molecule has 8 heteroatoms. The van der Waals surface area contributed by atoms with Gasteiger partial charge in [-0.1, -0.05) is 13.8 Å². The van der Waals surface area contributed by atoms with Gasteiger partial charge in [0.15, 0.2) is 5.65 Å². The highest BCUT2D eigenvalue weighted by Crippen LogP contribution is 2.26. The monoisotopic (exact) mass is 364 g/mol. The van der Waals surface area contributed by atoms with E-state index < -0.39 is 0 Å². The number of nitrogens with one attached hydrogen (secondary N) is 1. The minimum Gasteiger partial charge on any atom is -0.338 e. The lowest BCUT2D eigenvalue weighted by molar-refractivity contribution is 0.688. The van der Waals surface area contributed by atoms with Gasteiger partial charge in [-0.2, -0.15) is 31.3 Å². The minimum atomic E-state index is -0.212. The van der Waals surface area contributed by atoms with E-state index in [-0.39, 0.29) is 11.5 Å². The lowest BCUT2D eigenvalue weighted by Crippen LogP contribution is -2.22. The molecule has 4 heterocycles. The molecule has 0 spiro atoms. The Morgan fingerprint density at radius 1 is 1.35 bits per heavy atom. The average molecular weight is 364 g/mol. The summed E-state index contributed by atoms with van der Waals surface area (Å²) in [6.07, 6.45) is 5.05. The summed E-state index contributed by atoms with van der Waals surface area (Å²) >= 11 is 1.65. The molecule has 4 aromatic heterocycles. The van der Waals surface area contributed by atoms with E-state index in [1.807, 2.05) is 30.1 Å². The van der Waals surface area contributed by atoms with Crippen molar-refractivity contribution in [1.29, 1.82) is 5.26 Å². The zero-order valence-corrected chi connectivity index (χ0v) is 15.1. The Labute approximate surface area is 153 Å². The normalized spacial score (nSPS) is 11.3. The maximum atomic E-state index is 12.9. The molecule has 7 nitrogen and oxygen atoms in total. The second kappa shape index (κ2) is 6.28. The highest BCUT2D eigenvalue weighted by Gasteiger charge is 2.20. The molecular formula is C18H16N6OS. The van der Waals surface area contributed by atoms with Crippen molar-refractivity contribution in [1.82, 2.24) is 24.4 Å². The van der Waals surface area contributed by atoms with Gasteiger partial charge in [0.05, 0.1) is 24.6 Å². The van der Waals surface area contributed by atoms with Crippen LogP contribution in [0, 0.1) is 11.3 Å². The van der Waals surface area contributed by atoms with Gasteiger partial charge in [0.25, 0.3) is 5.56 Å². The third kappa shape index (κ3) is 2.62. The average Bonchev–Trinajstić information content (AvgIpc) is 3.34. The van der Waals surface area contributed by atoms with Crippen LogP contribution in [0.2, 0.25) is 0 Å². The van der Waals surface area contributed by atoms with Gasteiger partial charge in [0.1, 0.15) is 11.6 Å². The van der Waals surface area contributed by atoms with Gasteiger partial charge in [-0.25, -0.2) is 0 Å². The SMILES string of the molecule is CC(C)c1c(-c2cnn(Cc3ccsc3)c2)[nH]c2c(C#N)cnn2c1=O. The van der Waals surface area contributed by atoms with Crippen LogP contribution in [0.25, 0.3) is 16.9 Å². The summed E-state index contributed by atoms with van der Waals surface area (Å²) in [5.74, 6) is -0.00638. The van der Waals surface area contributed by atoms with E-state index >= 15 is 0 Å². The van der Waals surface area contributed by atoms with Crippen molar-refractivity contribution in [3.8, 4) is 17.3 Å². The van der Waals surface area contributed by atoms with Gasteiger partial charge < -0.3 is 4.98 Å². The molecule has 0 radical (unpaired) electrons. The number of rotatable bonds is 4. The zero-order chi connectivity index (χ0) is 18.3. The highest BCUT2D eigenvalue weighted by atomic mass is 32.1. The van der Waals surface area contributed by atoms with E-state index in [9.17, 15) is 10.1 Å². The quantitative estimate of drug-likeness (QED) is 0.602. The molecule has 0 unspecified atom stereocenters. The van der Waals surface area contributed by atoms with E-state index in [4.69, 9.17) is 0 Å². The Bertz CT molecular complexity index is 1170. The van der Waals surface area contributed by atoms with Crippen LogP contribution in [0.4, 0.5) is 0 Å². The Kier molecular flexibility index (Phi) is 3.93. The molecule has 0 bridgehead atoms. The third-order valence-corrected chi connectivity index (χ3v) is 4.98. The van der Waals surface area contributed by atoms with Crippen molar-refractivity contribution in [3.63, 3.8) is 0 Å². The van der Waals surface area contributed by atoms with Crippen molar-refractivity contribution in [3.05, 3.63) is 62.5 Å². The van der Waals surface area contributed by atoms with Crippen LogP contribution >= 0.6 is 11.3 Å². The van der Waals surface area contributed by atoms with Crippen LogP contribution in [0.15, 0.2) is 40.2 Å². The maximum Gasteiger partial charge on any atom is 0.278 e. The predicted molar refractivity (Wildman–Crippen MR) is 99.3 cm³/mol. The number of aromatic nitrogens is 5. The molecule has 0 atom stereocenters. The van der Waals surface area contributed by atoms with Crippen LogP contribution in [-0.2, 0) is 6.54 Å². The number of hydrogen-bond acceptors (Lipinski definition) is 5. The number of H-pyrrole nitrogens is 1. The Hall–Kier alpha value is -3.18. The maximum absolute atomic E-state index is 12.9.